The smallest absolute Gasteiger partial charge is 0.338 e. The highest BCUT2D eigenvalue weighted by Crippen LogP contribution is 2.18. The monoisotopic (exact) mass is 346 g/mol. The molecule has 25 heavy (non-hydrogen) atoms. The second-order valence-corrected chi connectivity index (χ2v) is 5.62. The molecule has 0 fully saturated rings. The first-order chi connectivity index (χ1) is 12.0. The minimum atomic E-state index is -0.538. The van der Waals surface area contributed by atoms with Gasteiger partial charge in [0.15, 0.2) is 0 Å². The van der Waals surface area contributed by atoms with Crippen LogP contribution in [0.25, 0.3) is 0 Å². The molecule has 1 aliphatic heterocycles. The summed E-state index contributed by atoms with van der Waals surface area (Å²) in [7, 11) is 0. The van der Waals surface area contributed by atoms with Gasteiger partial charge in [0.2, 0.25) is 0 Å². The third-order valence-corrected chi connectivity index (χ3v) is 3.75. The first-order valence-corrected chi connectivity index (χ1v) is 8.17. The van der Waals surface area contributed by atoms with Gasteiger partial charge in [0.25, 0.3) is 0 Å². The molecule has 1 heterocycles. The van der Waals surface area contributed by atoms with E-state index in [0.29, 0.717) is 12.0 Å². The van der Waals surface area contributed by atoms with Crippen molar-refractivity contribution in [1.82, 2.24) is 10.6 Å². The van der Waals surface area contributed by atoms with E-state index >= 15 is 0 Å². The molecule has 0 radical (unpaired) electrons. The zero-order valence-corrected chi connectivity index (χ0v) is 14.5. The number of nitrogens with one attached hydrogen (secondary N) is 2. The van der Waals surface area contributed by atoms with Gasteiger partial charge in [-0.05, 0) is 32.4 Å². The molecule has 134 valence electrons. The highest BCUT2D eigenvalue weighted by atomic mass is 16.5. The standard InChI is InChI=1S/C18H22N2O5/c1-4-13-15(17(22)24-5-2)14(20-18(23)19-13)10-25-16(21)12-8-6-7-11(3)9-12/h6-9,13H,4-5,10H2,1-3H3,(H2,19,20,23)/t13-/m1/s1. The zero-order chi connectivity index (χ0) is 18.4. The van der Waals surface area contributed by atoms with Gasteiger partial charge in [-0.1, -0.05) is 24.6 Å². The van der Waals surface area contributed by atoms with Gasteiger partial charge in [-0.2, -0.15) is 0 Å². The van der Waals surface area contributed by atoms with Crippen molar-refractivity contribution in [2.24, 2.45) is 0 Å². The Bertz CT molecular complexity index is 711. The number of esters is 2. The predicted octanol–water partition coefficient (Wildman–Crippen LogP) is 2.06. The highest BCUT2D eigenvalue weighted by Gasteiger charge is 2.32. The van der Waals surface area contributed by atoms with E-state index in [2.05, 4.69) is 10.6 Å². The van der Waals surface area contributed by atoms with Crippen LogP contribution in [0, 0.1) is 6.92 Å². The van der Waals surface area contributed by atoms with Gasteiger partial charge in [0.1, 0.15) is 6.61 Å². The normalized spacial score (nSPS) is 16.8. The minimum absolute atomic E-state index is 0.211. The van der Waals surface area contributed by atoms with Gasteiger partial charge in [-0.3, -0.25) is 0 Å². The summed E-state index contributed by atoms with van der Waals surface area (Å²) >= 11 is 0. The highest BCUT2D eigenvalue weighted by molar-refractivity contribution is 5.95. The predicted molar refractivity (Wildman–Crippen MR) is 90.9 cm³/mol. The third-order valence-electron chi connectivity index (χ3n) is 3.75. The molecular formula is C18H22N2O5. The molecule has 1 aromatic rings. The Labute approximate surface area is 146 Å². The number of hydrogen-bond acceptors (Lipinski definition) is 5. The molecule has 0 unspecified atom stereocenters. The van der Waals surface area contributed by atoms with Crippen molar-refractivity contribution in [2.45, 2.75) is 33.2 Å². The number of rotatable bonds is 6. The van der Waals surface area contributed by atoms with Crippen molar-refractivity contribution in [3.05, 3.63) is 46.7 Å². The summed E-state index contributed by atoms with van der Waals surface area (Å²) in [6, 6.07) is 6.05. The Kier molecular flexibility index (Phi) is 6.16. The van der Waals surface area contributed by atoms with Crippen LogP contribution in [-0.4, -0.2) is 37.2 Å². The van der Waals surface area contributed by atoms with Crippen molar-refractivity contribution in [3.8, 4) is 0 Å². The molecule has 2 N–H and O–H groups in total. The lowest BCUT2D eigenvalue weighted by Gasteiger charge is -2.28. The van der Waals surface area contributed by atoms with E-state index in [1.165, 1.54) is 0 Å². The van der Waals surface area contributed by atoms with Crippen molar-refractivity contribution in [3.63, 3.8) is 0 Å². The molecule has 1 aliphatic rings. The van der Waals surface area contributed by atoms with Crippen LogP contribution >= 0.6 is 0 Å². The zero-order valence-electron chi connectivity index (χ0n) is 14.5. The van der Waals surface area contributed by atoms with Gasteiger partial charge in [0, 0.05) is 0 Å². The molecule has 7 nitrogen and oxygen atoms in total. The van der Waals surface area contributed by atoms with E-state index in [-0.39, 0.29) is 24.5 Å². The number of carbonyl (C=O) groups is 3. The summed E-state index contributed by atoms with van der Waals surface area (Å²) in [5.41, 5.74) is 1.86. The molecular weight excluding hydrogens is 324 g/mol. The third kappa shape index (κ3) is 4.59. The van der Waals surface area contributed by atoms with E-state index < -0.39 is 24.0 Å². The number of hydrogen-bond donors (Lipinski definition) is 2. The van der Waals surface area contributed by atoms with E-state index in [4.69, 9.17) is 9.47 Å². The maximum absolute atomic E-state index is 12.2. The summed E-state index contributed by atoms with van der Waals surface area (Å²) in [5, 5.41) is 5.20. The van der Waals surface area contributed by atoms with Crippen LogP contribution in [0.3, 0.4) is 0 Å². The van der Waals surface area contributed by atoms with Crippen molar-refractivity contribution >= 4 is 18.0 Å². The summed E-state index contributed by atoms with van der Waals surface area (Å²) in [5.74, 6) is -1.07. The molecule has 0 saturated heterocycles. The molecule has 0 aliphatic carbocycles. The lowest BCUT2D eigenvalue weighted by Crippen LogP contribution is -2.51. The number of amides is 2. The molecule has 0 saturated carbocycles. The lowest BCUT2D eigenvalue weighted by atomic mass is 10.0. The Balaban J connectivity index is 2.21. The molecule has 0 aromatic heterocycles. The lowest BCUT2D eigenvalue weighted by molar-refractivity contribution is -0.139. The van der Waals surface area contributed by atoms with Crippen LogP contribution in [-0.2, 0) is 14.3 Å². The van der Waals surface area contributed by atoms with E-state index in [1.807, 2.05) is 19.9 Å². The first kappa shape index (κ1) is 18.5. The first-order valence-electron chi connectivity index (χ1n) is 8.17. The largest absolute Gasteiger partial charge is 0.463 e. The Morgan fingerprint density at radius 3 is 2.56 bits per heavy atom. The number of ether oxygens (including phenoxy) is 2. The topological polar surface area (TPSA) is 93.7 Å². The van der Waals surface area contributed by atoms with Crippen LogP contribution in [0.2, 0.25) is 0 Å². The molecule has 1 atom stereocenters. The number of carbonyl (C=O) groups excluding carboxylic acids is 3. The molecule has 7 heteroatoms. The number of urea groups is 1. The SMILES string of the molecule is CCOC(=O)C1=C(COC(=O)c2cccc(C)c2)NC(=O)N[C@@H]1CC. The number of aryl methyl sites for hydroxylation is 1. The average Bonchev–Trinajstić information content (AvgIpc) is 2.59. The Morgan fingerprint density at radius 1 is 1.16 bits per heavy atom. The van der Waals surface area contributed by atoms with E-state index in [9.17, 15) is 14.4 Å². The van der Waals surface area contributed by atoms with Gasteiger partial charge in [0.05, 0.1) is 29.5 Å². The second kappa shape index (κ2) is 8.32. The van der Waals surface area contributed by atoms with E-state index in [1.54, 1.807) is 25.1 Å². The van der Waals surface area contributed by atoms with Gasteiger partial charge in [-0.25, -0.2) is 14.4 Å². The van der Waals surface area contributed by atoms with Gasteiger partial charge < -0.3 is 20.1 Å². The minimum Gasteiger partial charge on any atom is -0.463 e. The fraction of sp³-hybridized carbons (Fsp3) is 0.389. The van der Waals surface area contributed by atoms with Gasteiger partial charge in [-0.15, -0.1) is 0 Å². The maximum Gasteiger partial charge on any atom is 0.338 e. The van der Waals surface area contributed by atoms with Crippen molar-refractivity contribution < 1.29 is 23.9 Å². The fourth-order valence-corrected chi connectivity index (χ4v) is 2.57. The van der Waals surface area contributed by atoms with Crippen LogP contribution < -0.4 is 10.6 Å². The summed E-state index contributed by atoms with van der Waals surface area (Å²) < 4.78 is 10.3. The van der Waals surface area contributed by atoms with Crippen LogP contribution in [0.5, 0.6) is 0 Å². The van der Waals surface area contributed by atoms with Crippen LogP contribution in [0.1, 0.15) is 36.2 Å². The molecule has 2 rings (SSSR count). The van der Waals surface area contributed by atoms with Crippen molar-refractivity contribution in [1.29, 1.82) is 0 Å². The molecule has 1 aromatic carbocycles. The maximum atomic E-state index is 12.2. The molecule has 2 amide bonds. The summed E-state index contributed by atoms with van der Waals surface area (Å²) in [6.45, 7) is 5.41. The van der Waals surface area contributed by atoms with Gasteiger partial charge >= 0.3 is 18.0 Å². The molecule has 0 spiro atoms. The summed E-state index contributed by atoms with van der Waals surface area (Å²) in [4.78, 5) is 36.2. The van der Waals surface area contributed by atoms with Crippen molar-refractivity contribution in [2.75, 3.05) is 13.2 Å². The Hall–Kier alpha value is -2.83. The van der Waals surface area contributed by atoms with E-state index in [0.717, 1.165) is 5.56 Å². The second-order valence-electron chi connectivity index (χ2n) is 5.62. The average molecular weight is 346 g/mol. The fourth-order valence-electron chi connectivity index (χ4n) is 2.57. The van der Waals surface area contributed by atoms with Crippen LogP contribution in [0.15, 0.2) is 35.5 Å². The quantitative estimate of drug-likeness (QED) is 0.769. The number of benzene rings is 1. The Morgan fingerprint density at radius 2 is 1.92 bits per heavy atom. The summed E-state index contributed by atoms with van der Waals surface area (Å²) in [6.07, 6.45) is 0.511. The van der Waals surface area contributed by atoms with Crippen LogP contribution in [0.4, 0.5) is 4.79 Å². The molecule has 0 bridgehead atoms.